The van der Waals surface area contributed by atoms with E-state index in [-0.39, 0.29) is 17.7 Å². The van der Waals surface area contributed by atoms with Crippen molar-refractivity contribution >= 4 is 0 Å². The Morgan fingerprint density at radius 1 is 1.40 bits per heavy atom. The highest BCUT2D eigenvalue weighted by atomic mass is 19.2. The largest absolute Gasteiger partial charge is 0.494 e. The van der Waals surface area contributed by atoms with E-state index in [1.54, 1.807) is 0 Å². The molecule has 0 heterocycles. The molecular formula is C11H7F2NO. The van der Waals surface area contributed by atoms with Crippen LogP contribution in [-0.2, 0) is 0 Å². The van der Waals surface area contributed by atoms with Crippen molar-refractivity contribution in [2.45, 2.75) is 6.42 Å². The van der Waals surface area contributed by atoms with Crippen LogP contribution in [0.2, 0.25) is 0 Å². The quantitative estimate of drug-likeness (QED) is 0.661. The molecular weight excluding hydrogens is 200 g/mol. The number of nitriles is 1. The molecule has 76 valence electrons. The van der Waals surface area contributed by atoms with Crippen molar-refractivity contribution in [3.8, 4) is 23.7 Å². The number of nitrogens with zero attached hydrogens (tertiary/aromatic N) is 1. The van der Waals surface area contributed by atoms with Crippen LogP contribution in [0, 0.1) is 34.8 Å². The average Bonchev–Trinajstić information content (AvgIpc) is 2.23. The summed E-state index contributed by atoms with van der Waals surface area (Å²) in [6.07, 6.45) is 0.0430. The summed E-state index contributed by atoms with van der Waals surface area (Å²) in [5.41, 5.74) is 0.279. The van der Waals surface area contributed by atoms with E-state index < -0.39 is 11.6 Å². The van der Waals surface area contributed by atoms with Gasteiger partial charge in [0.2, 0.25) is 5.82 Å². The summed E-state index contributed by atoms with van der Waals surface area (Å²) in [6, 6.07) is 4.06. The van der Waals surface area contributed by atoms with Gasteiger partial charge in [0.25, 0.3) is 0 Å². The van der Waals surface area contributed by atoms with Gasteiger partial charge in [-0.1, -0.05) is 11.8 Å². The van der Waals surface area contributed by atoms with Gasteiger partial charge in [0.05, 0.1) is 19.6 Å². The normalized spacial score (nSPS) is 8.67. The van der Waals surface area contributed by atoms with Crippen LogP contribution >= 0.6 is 0 Å². The van der Waals surface area contributed by atoms with E-state index in [9.17, 15) is 8.78 Å². The van der Waals surface area contributed by atoms with Gasteiger partial charge in [-0.3, -0.25) is 0 Å². The smallest absolute Gasteiger partial charge is 0.200 e. The molecule has 0 aromatic heterocycles. The molecule has 0 aliphatic rings. The van der Waals surface area contributed by atoms with E-state index in [1.165, 1.54) is 13.2 Å². The third kappa shape index (κ3) is 2.69. The van der Waals surface area contributed by atoms with E-state index in [2.05, 4.69) is 16.6 Å². The number of ether oxygens (including phenoxy) is 1. The van der Waals surface area contributed by atoms with Crippen LogP contribution in [0.5, 0.6) is 5.75 Å². The number of rotatable bonds is 1. The van der Waals surface area contributed by atoms with Gasteiger partial charge in [-0.2, -0.15) is 9.65 Å². The minimum atomic E-state index is -1.04. The summed E-state index contributed by atoms with van der Waals surface area (Å²) in [7, 11) is 1.24. The summed E-state index contributed by atoms with van der Waals surface area (Å²) < 4.78 is 30.5. The number of hydrogen-bond donors (Lipinski definition) is 0. The standard InChI is InChI=1S/C11H7F2NO/c1-15-10-7-8(4-2-3-5-14)6-9(12)11(10)13/h6-7H,3H2,1H3. The van der Waals surface area contributed by atoms with Crippen LogP contribution < -0.4 is 4.74 Å². The van der Waals surface area contributed by atoms with Crippen molar-refractivity contribution in [2.75, 3.05) is 7.11 Å². The summed E-state index contributed by atoms with van der Waals surface area (Å²) >= 11 is 0. The lowest BCUT2D eigenvalue weighted by atomic mass is 10.2. The van der Waals surface area contributed by atoms with Gasteiger partial charge in [-0.25, -0.2) is 4.39 Å². The van der Waals surface area contributed by atoms with E-state index in [0.717, 1.165) is 6.07 Å². The number of methoxy groups -OCH3 is 1. The molecule has 0 saturated heterocycles. The van der Waals surface area contributed by atoms with Crippen LogP contribution in [-0.4, -0.2) is 7.11 Å². The van der Waals surface area contributed by atoms with E-state index in [1.807, 2.05) is 6.07 Å². The van der Waals surface area contributed by atoms with Gasteiger partial charge < -0.3 is 4.74 Å². The van der Waals surface area contributed by atoms with Crippen LogP contribution in [0.25, 0.3) is 0 Å². The van der Waals surface area contributed by atoms with Crippen molar-refractivity contribution in [1.29, 1.82) is 5.26 Å². The lowest BCUT2D eigenvalue weighted by molar-refractivity contribution is 0.371. The van der Waals surface area contributed by atoms with Gasteiger partial charge in [0.15, 0.2) is 11.6 Å². The van der Waals surface area contributed by atoms with Gasteiger partial charge in [0, 0.05) is 5.56 Å². The maximum absolute atomic E-state index is 13.0. The minimum absolute atomic E-state index is 0.0430. The van der Waals surface area contributed by atoms with Crippen molar-refractivity contribution in [2.24, 2.45) is 0 Å². The topological polar surface area (TPSA) is 33.0 Å². The first-order valence-electron chi connectivity index (χ1n) is 4.08. The zero-order valence-electron chi connectivity index (χ0n) is 7.97. The first-order valence-corrected chi connectivity index (χ1v) is 4.08. The highest BCUT2D eigenvalue weighted by Crippen LogP contribution is 2.21. The molecule has 0 aliphatic carbocycles. The number of halogens is 2. The van der Waals surface area contributed by atoms with Gasteiger partial charge in [0.1, 0.15) is 0 Å². The number of benzene rings is 1. The SMILES string of the molecule is COc1cc(C#CCC#N)cc(F)c1F. The molecule has 0 fully saturated rings. The van der Waals surface area contributed by atoms with Crippen LogP contribution in [0.4, 0.5) is 8.78 Å². The molecule has 15 heavy (non-hydrogen) atoms. The van der Waals surface area contributed by atoms with Crippen molar-refractivity contribution < 1.29 is 13.5 Å². The van der Waals surface area contributed by atoms with Crippen molar-refractivity contribution in [3.05, 3.63) is 29.3 Å². The highest BCUT2D eigenvalue weighted by molar-refractivity contribution is 5.41. The third-order valence-corrected chi connectivity index (χ3v) is 1.61. The molecule has 2 nitrogen and oxygen atoms in total. The molecule has 0 atom stereocenters. The Balaban J connectivity index is 3.09. The predicted molar refractivity (Wildman–Crippen MR) is 50.0 cm³/mol. The second-order valence-electron chi connectivity index (χ2n) is 2.61. The number of hydrogen-bond acceptors (Lipinski definition) is 2. The fraction of sp³-hybridized carbons (Fsp3) is 0.182. The van der Waals surface area contributed by atoms with Crippen LogP contribution in [0.15, 0.2) is 12.1 Å². The van der Waals surface area contributed by atoms with E-state index >= 15 is 0 Å². The fourth-order valence-corrected chi connectivity index (χ4v) is 0.970. The molecule has 0 saturated carbocycles. The Kier molecular flexibility index (Phi) is 3.65. The summed E-state index contributed by atoms with van der Waals surface area (Å²) in [6.45, 7) is 0. The lowest BCUT2D eigenvalue weighted by Gasteiger charge is -2.02. The molecule has 0 aliphatic heterocycles. The maximum atomic E-state index is 13.0. The Bertz CT molecular complexity index is 466. The van der Waals surface area contributed by atoms with E-state index in [0.29, 0.717) is 0 Å². The molecule has 0 amide bonds. The Labute approximate surface area is 86.1 Å². The second-order valence-corrected chi connectivity index (χ2v) is 2.61. The molecule has 0 unspecified atom stereocenters. The first-order chi connectivity index (χ1) is 7.19. The van der Waals surface area contributed by atoms with Crippen LogP contribution in [0.1, 0.15) is 12.0 Å². The summed E-state index contributed by atoms with van der Waals surface area (Å²) in [4.78, 5) is 0. The molecule has 0 N–H and O–H groups in total. The Morgan fingerprint density at radius 2 is 2.13 bits per heavy atom. The zero-order chi connectivity index (χ0) is 11.3. The van der Waals surface area contributed by atoms with E-state index in [4.69, 9.17) is 5.26 Å². The molecule has 0 spiro atoms. The highest BCUT2D eigenvalue weighted by Gasteiger charge is 2.09. The average molecular weight is 207 g/mol. The summed E-state index contributed by atoms with van der Waals surface area (Å²) in [5.74, 6) is 2.77. The molecule has 0 bridgehead atoms. The third-order valence-electron chi connectivity index (χ3n) is 1.61. The summed E-state index contributed by atoms with van der Waals surface area (Å²) in [5, 5.41) is 8.23. The molecule has 4 heteroatoms. The Morgan fingerprint density at radius 3 is 2.73 bits per heavy atom. The molecule has 0 radical (unpaired) electrons. The maximum Gasteiger partial charge on any atom is 0.200 e. The monoisotopic (exact) mass is 207 g/mol. The van der Waals surface area contributed by atoms with Gasteiger partial charge >= 0.3 is 0 Å². The molecule has 1 aromatic rings. The molecule has 1 rings (SSSR count). The van der Waals surface area contributed by atoms with Crippen molar-refractivity contribution in [3.63, 3.8) is 0 Å². The van der Waals surface area contributed by atoms with Gasteiger partial charge in [-0.05, 0) is 12.1 Å². The van der Waals surface area contributed by atoms with Crippen LogP contribution in [0.3, 0.4) is 0 Å². The predicted octanol–water partition coefficient (Wildman–Crippen LogP) is 2.24. The first kappa shape index (κ1) is 11.0. The minimum Gasteiger partial charge on any atom is -0.494 e. The fourth-order valence-electron chi connectivity index (χ4n) is 0.970. The van der Waals surface area contributed by atoms with Crippen molar-refractivity contribution in [1.82, 2.24) is 0 Å². The Hall–Kier alpha value is -2.07. The van der Waals surface area contributed by atoms with Gasteiger partial charge in [-0.15, -0.1) is 0 Å². The second kappa shape index (κ2) is 4.97. The molecule has 1 aromatic carbocycles. The zero-order valence-corrected chi connectivity index (χ0v) is 7.97. The lowest BCUT2D eigenvalue weighted by Crippen LogP contribution is -1.93.